The minimum absolute atomic E-state index is 0.386. The smallest absolute Gasteiger partial charge is 0.419 e. The number of furan rings is 1. The monoisotopic (exact) mass is 273 g/mol. The van der Waals surface area contributed by atoms with Gasteiger partial charge in [0.2, 0.25) is 0 Å². The molecule has 0 aliphatic rings. The van der Waals surface area contributed by atoms with E-state index in [4.69, 9.17) is 8.83 Å². The molecule has 0 saturated heterocycles. The lowest BCUT2D eigenvalue weighted by Gasteiger charge is -2.08. The Morgan fingerprint density at radius 1 is 1.25 bits per heavy atom. The molecule has 0 radical (unpaired) electrons. The molecule has 0 fully saturated rings. The highest BCUT2D eigenvalue weighted by molar-refractivity contribution is 5.74. The molecule has 0 bridgehead atoms. The number of fused-ring (bicyclic) bond motifs is 1. The summed E-state index contributed by atoms with van der Waals surface area (Å²) in [6.07, 6.45) is -0.872. The van der Waals surface area contributed by atoms with Crippen LogP contribution in [-0.4, -0.2) is 9.67 Å². The van der Waals surface area contributed by atoms with Gasteiger partial charge in [-0.15, -0.1) is 0 Å². The lowest BCUT2D eigenvalue weighted by atomic mass is 10.1. The number of aromatic nitrogens is 1. The molecule has 0 saturated carbocycles. The summed E-state index contributed by atoms with van der Waals surface area (Å²) in [4.78, 5) is 11.6. The van der Waals surface area contributed by atoms with Gasteiger partial charge in [0.25, 0.3) is 0 Å². The molecule has 5 nitrogen and oxygen atoms in total. The third-order valence-electron chi connectivity index (χ3n) is 3.35. The van der Waals surface area contributed by atoms with Gasteiger partial charge in [0, 0.05) is 6.54 Å². The van der Waals surface area contributed by atoms with Crippen LogP contribution >= 0.6 is 0 Å². The number of aryl methyl sites for hydroxylation is 2. The summed E-state index contributed by atoms with van der Waals surface area (Å²) in [6.45, 7) is 4.25. The molecule has 1 aromatic carbocycles. The van der Waals surface area contributed by atoms with Gasteiger partial charge in [-0.25, -0.2) is 4.79 Å². The van der Waals surface area contributed by atoms with Crippen LogP contribution in [0.3, 0.4) is 0 Å². The Bertz CT molecular complexity index is 809. The summed E-state index contributed by atoms with van der Waals surface area (Å²) < 4.78 is 12.1. The largest absolute Gasteiger partial charge is 0.463 e. The summed E-state index contributed by atoms with van der Waals surface area (Å²) >= 11 is 0. The first-order valence-corrected chi connectivity index (χ1v) is 6.48. The normalized spacial score (nSPS) is 12.9. The number of aliphatic hydroxyl groups is 1. The van der Waals surface area contributed by atoms with Crippen molar-refractivity contribution in [2.24, 2.45) is 0 Å². The van der Waals surface area contributed by atoms with Gasteiger partial charge in [-0.1, -0.05) is 6.07 Å². The second-order valence-electron chi connectivity index (χ2n) is 4.69. The minimum Gasteiger partial charge on any atom is -0.463 e. The Kier molecular flexibility index (Phi) is 2.99. The molecular weight excluding hydrogens is 258 g/mol. The second-order valence-corrected chi connectivity index (χ2v) is 4.69. The zero-order chi connectivity index (χ0) is 14.3. The van der Waals surface area contributed by atoms with Gasteiger partial charge in [-0.2, -0.15) is 0 Å². The third kappa shape index (κ3) is 1.96. The first-order chi connectivity index (χ1) is 9.60. The van der Waals surface area contributed by atoms with Crippen molar-refractivity contribution in [1.82, 2.24) is 4.57 Å². The molecule has 0 aliphatic carbocycles. The molecule has 104 valence electrons. The van der Waals surface area contributed by atoms with Crippen LogP contribution in [0.1, 0.15) is 30.1 Å². The number of oxazole rings is 1. The number of hydrogen-bond donors (Lipinski definition) is 1. The SMILES string of the molecule is CCn1c(=O)oc2cc(C(O)c3ccc(C)o3)ccc21. The molecule has 2 aromatic heterocycles. The van der Waals surface area contributed by atoms with Gasteiger partial charge >= 0.3 is 5.76 Å². The van der Waals surface area contributed by atoms with Crippen LogP contribution < -0.4 is 5.76 Å². The van der Waals surface area contributed by atoms with E-state index in [0.717, 1.165) is 11.3 Å². The van der Waals surface area contributed by atoms with Crippen LogP contribution in [0.15, 0.2) is 44.0 Å². The fourth-order valence-electron chi connectivity index (χ4n) is 2.32. The maximum atomic E-state index is 11.6. The van der Waals surface area contributed by atoms with E-state index in [1.165, 1.54) is 0 Å². The first-order valence-electron chi connectivity index (χ1n) is 6.48. The van der Waals surface area contributed by atoms with E-state index in [9.17, 15) is 9.90 Å². The van der Waals surface area contributed by atoms with E-state index < -0.39 is 6.10 Å². The second kappa shape index (κ2) is 4.68. The number of nitrogens with zero attached hydrogens (tertiary/aromatic N) is 1. The fraction of sp³-hybridized carbons (Fsp3) is 0.267. The van der Waals surface area contributed by atoms with Crippen molar-refractivity contribution in [3.63, 3.8) is 0 Å². The van der Waals surface area contributed by atoms with Crippen molar-refractivity contribution in [2.75, 3.05) is 0 Å². The number of hydrogen-bond acceptors (Lipinski definition) is 4. The summed E-state index contributed by atoms with van der Waals surface area (Å²) in [5.74, 6) is 0.825. The lowest BCUT2D eigenvalue weighted by Crippen LogP contribution is -2.11. The van der Waals surface area contributed by atoms with Crippen LogP contribution in [0.4, 0.5) is 0 Å². The average Bonchev–Trinajstić information content (AvgIpc) is 2.99. The van der Waals surface area contributed by atoms with Crippen LogP contribution in [0.2, 0.25) is 0 Å². The highest BCUT2D eigenvalue weighted by Gasteiger charge is 2.16. The Balaban J connectivity index is 2.07. The van der Waals surface area contributed by atoms with E-state index in [0.29, 0.717) is 23.5 Å². The van der Waals surface area contributed by atoms with Crippen molar-refractivity contribution >= 4 is 11.1 Å². The molecule has 2 heterocycles. The zero-order valence-electron chi connectivity index (χ0n) is 11.3. The van der Waals surface area contributed by atoms with E-state index in [1.807, 2.05) is 13.8 Å². The van der Waals surface area contributed by atoms with E-state index >= 15 is 0 Å². The first kappa shape index (κ1) is 12.7. The van der Waals surface area contributed by atoms with Gasteiger partial charge in [-0.05, 0) is 43.7 Å². The Labute approximate surface area is 115 Å². The van der Waals surface area contributed by atoms with Crippen molar-refractivity contribution < 1.29 is 13.9 Å². The van der Waals surface area contributed by atoms with Gasteiger partial charge in [0.15, 0.2) is 5.58 Å². The molecular formula is C15H15NO4. The lowest BCUT2D eigenvalue weighted by molar-refractivity contribution is 0.187. The maximum Gasteiger partial charge on any atom is 0.419 e. The molecule has 0 spiro atoms. The van der Waals surface area contributed by atoms with Gasteiger partial charge in [-0.3, -0.25) is 4.57 Å². The Morgan fingerprint density at radius 2 is 2.05 bits per heavy atom. The van der Waals surface area contributed by atoms with Gasteiger partial charge in [0.1, 0.15) is 17.6 Å². The molecule has 3 aromatic rings. The van der Waals surface area contributed by atoms with Crippen LogP contribution in [0.25, 0.3) is 11.1 Å². The molecule has 1 atom stereocenters. The maximum absolute atomic E-state index is 11.6. The van der Waals surface area contributed by atoms with Gasteiger partial charge < -0.3 is 13.9 Å². The van der Waals surface area contributed by atoms with Crippen LogP contribution in [0, 0.1) is 6.92 Å². The molecule has 20 heavy (non-hydrogen) atoms. The van der Waals surface area contributed by atoms with Crippen molar-refractivity contribution in [3.05, 3.63) is 58.0 Å². The fourth-order valence-corrected chi connectivity index (χ4v) is 2.32. The quantitative estimate of drug-likeness (QED) is 0.796. The van der Waals surface area contributed by atoms with E-state index in [2.05, 4.69) is 0 Å². The highest BCUT2D eigenvalue weighted by Crippen LogP contribution is 2.26. The number of benzene rings is 1. The Morgan fingerprint density at radius 3 is 2.70 bits per heavy atom. The van der Waals surface area contributed by atoms with Crippen molar-refractivity contribution in [1.29, 1.82) is 0 Å². The molecule has 0 amide bonds. The Hall–Kier alpha value is -2.27. The van der Waals surface area contributed by atoms with Gasteiger partial charge in [0.05, 0.1) is 5.52 Å². The molecule has 1 N–H and O–H groups in total. The summed E-state index contributed by atoms with van der Waals surface area (Å²) in [5.41, 5.74) is 1.82. The molecule has 0 aliphatic heterocycles. The van der Waals surface area contributed by atoms with E-state index in [1.54, 1.807) is 34.9 Å². The number of aliphatic hydroxyl groups excluding tert-OH is 1. The van der Waals surface area contributed by atoms with E-state index in [-0.39, 0.29) is 5.76 Å². The van der Waals surface area contributed by atoms with Crippen LogP contribution in [0.5, 0.6) is 0 Å². The third-order valence-corrected chi connectivity index (χ3v) is 3.35. The predicted molar refractivity (Wildman–Crippen MR) is 73.7 cm³/mol. The summed E-state index contributed by atoms with van der Waals surface area (Å²) in [5, 5.41) is 10.3. The van der Waals surface area contributed by atoms with Crippen LogP contribution in [-0.2, 0) is 6.54 Å². The zero-order valence-corrected chi connectivity index (χ0v) is 11.3. The average molecular weight is 273 g/mol. The molecule has 1 unspecified atom stereocenters. The number of rotatable bonds is 3. The van der Waals surface area contributed by atoms with Crippen molar-refractivity contribution in [3.8, 4) is 0 Å². The molecule has 5 heteroatoms. The summed E-state index contributed by atoms with van der Waals surface area (Å²) in [6, 6.07) is 8.75. The predicted octanol–water partition coefficient (Wildman–Crippen LogP) is 2.60. The van der Waals surface area contributed by atoms with Crippen molar-refractivity contribution in [2.45, 2.75) is 26.5 Å². The minimum atomic E-state index is -0.872. The molecule has 3 rings (SSSR count). The highest BCUT2D eigenvalue weighted by atomic mass is 16.4. The topological polar surface area (TPSA) is 68.5 Å². The standard InChI is InChI=1S/C15H15NO4/c1-3-16-11-6-5-10(8-13(11)20-15(16)18)14(17)12-7-4-9(2)19-12/h4-8,14,17H,3H2,1-2H3. The summed E-state index contributed by atoms with van der Waals surface area (Å²) in [7, 11) is 0.